The molecule has 1 aromatic carbocycles. The number of para-hydroxylation sites is 1. The zero-order valence-electron chi connectivity index (χ0n) is 24.1. The van der Waals surface area contributed by atoms with Gasteiger partial charge in [-0.1, -0.05) is 32.0 Å². The number of esters is 1. The summed E-state index contributed by atoms with van der Waals surface area (Å²) in [6, 6.07) is 8.08. The van der Waals surface area contributed by atoms with Crippen molar-refractivity contribution >= 4 is 28.7 Å². The van der Waals surface area contributed by atoms with Gasteiger partial charge in [-0.2, -0.15) is 4.57 Å². The monoisotopic (exact) mass is 537 g/mol. The summed E-state index contributed by atoms with van der Waals surface area (Å²) in [4.78, 5) is 38.5. The van der Waals surface area contributed by atoms with Crippen molar-refractivity contribution in [2.75, 3.05) is 6.54 Å². The van der Waals surface area contributed by atoms with E-state index in [2.05, 4.69) is 20.5 Å². The molecule has 0 radical (unpaired) electrons. The molecule has 210 valence electrons. The van der Waals surface area contributed by atoms with Gasteiger partial charge in [-0.05, 0) is 45.6 Å². The number of ether oxygens (including phenoxy) is 2. The van der Waals surface area contributed by atoms with E-state index in [1.54, 1.807) is 20.8 Å². The summed E-state index contributed by atoms with van der Waals surface area (Å²) in [5.74, 6) is 0.0552. The van der Waals surface area contributed by atoms with E-state index in [1.807, 2.05) is 63.0 Å². The quantitative estimate of drug-likeness (QED) is 0.341. The van der Waals surface area contributed by atoms with Crippen LogP contribution in [0.25, 0.3) is 10.9 Å². The van der Waals surface area contributed by atoms with Crippen LogP contribution in [-0.2, 0) is 41.0 Å². The zero-order chi connectivity index (χ0) is 28.5. The van der Waals surface area contributed by atoms with Crippen molar-refractivity contribution in [2.45, 2.75) is 73.3 Å². The van der Waals surface area contributed by atoms with E-state index >= 15 is 0 Å². The molecule has 0 fully saturated rings. The Morgan fingerprint density at radius 2 is 1.92 bits per heavy atom. The molecule has 2 heterocycles. The van der Waals surface area contributed by atoms with Crippen LogP contribution in [0.15, 0.2) is 36.7 Å². The lowest BCUT2D eigenvalue weighted by Crippen LogP contribution is -2.42. The number of nitrogens with zero attached hydrogens (tertiary/aromatic N) is 3. The Hall–Kier alpha value is -3.62. The second-order valence-corrected chi connectivity index (χ2v) is 11.8. The van der Waals surface area contributed by atoms with E-state index in [0.717, 1.165) is 40.8 Å². The SMILES string of the molecule is Cc1n(CC2CCc3c(c4ccccc4n3C)C2=O)cc[n+]1COC(=O)C(CNC(=O)OC(C)(C)C)C(C)C. The van der Waals surface area contributed by atoms with E-state index in [-0.39, 0.29) is 36.9 Å². The van der Waals surface area contributed by atoms with E-state index in [4.69, 9.17) is 9.47 Å². The van der Waals surface area contributed by atoms with Gasteiger partial charge in [0.25, 0.3) is 5.82 Å². The highest BCUT2D eigenvalue weighted by Gasteiger charge is 2.34. The maximum absolute atomic E-state index is 13.6. The number of aryl methyl sites for hydroxylation is 1. The molecule has 0 spiro atoms. The average molecular weight is 538 g/mol. The molecule has 2 unspecified atom stereocenters. The standard InChI is InChI=1S/C30H40N4O5/c1-19(2)23(16-31-29(37)39-30(4,5)6)28(36)38-18-34-15-14-33(20(34)3)17-21-12-13-25-26(27(21)35)22-10-8-9-11-24(22)32(25)7/h8-11,14-15,19,21,23H,12-13,16-18H2,1-7H3/p+1. The Morgan fingerprint density at radius 1 is 1.21 bits per heavy atom. The van der Waals surface area contributed by atoms with Crippen molar-refractivity contribution in [3.8, 4) is 0 Å². The molecule has 1 aliphatic rings. The maximum Gasteiger partial charge on any atom is 0.407 e. The molecule has 3 aromatic rings. The van der Waals surface area contributed by atoms with Crippen LogP contribution in [0, 0.1) is 24.7 Å². The van der Waals surface area contributed by atoms with Gasteiger partial charge in [-0.15, -0.1) is 0 Å². The molecule has 1 N–H and O–H groups in total. The number of hydrogen-bond acceptors (Lipinski definition) is 5. The fraction of sp³-hybridized carbons (Fsp3) is 0.533. The molecule has 2 atom stereocenters. The number of benzene rings is 1. The first-order valence-electron chi connectivity index (χ1n) is 13.7. The van der Waals surface area contributed by atoms with Crippen molar-refractivity contribution in [2.24, 2.45) is 24.8 Å². The number of aromatic nitrogens is 3. The highest BCUT2D eigenvalue weighted by Crippen LogP contribution is 2.34. The summed E-state index contributed by atoms with van der Waals surface area (Å²) >= 11 is 0. The third kappa shape index (κ3) is 6.18. The van der Waals surface area contributed by atoms with Crippen LogP contribution in [0.5, 0.6) is 0 Å². The molecule has 1 amide bonds. The fourth-order valence-corrected chi connectivity index (χ4v) is 5.28. The summed E-state index contributed by atoms with van der Waals surface area (Å²) in [5, 5.41) is 3.70. The first-order valence-corrected chi connectivity index (χ1v) is 13.7. The highest BCUT2D eigenvalue weighted by atomic mass is 16.6. The molecule has 9 nitrogen and oxygen atoms in total. The number of amides is 1. The minimum absolute atomic E-state index is 0.0283. The van der Waals surface area contributed by atoms with Gasteiger partial charge in [0.2, 0.25) is 6.73 Å². The smallest absolute Gasteiger partial charge is 0.407 e. The van der Waals surface area contributed by atoms with Gasteiger partial charge in [-0.25, -0.2) is 9.36 Å². The maximum atomic E-state index is 13.6. The number of alkyl carbamates (subject to hydrolysis) is 1. The summed E-state index contributed by atoms with van der Waals surface area (Å²) in [7, 11) is 2.03. The van der Waals surface area contributed by atoms with Crippen molar-refractivity contribution in [3.63, 3.8) is 0 Å². The number of rotatable bonds is 8. The largest absolute Gasteiger partial charge is 0.444 e. The summed E-state index contributed by atoms with van der Waals surface area (Å²) in [6.07, 6.45) is 4.89. The number of nitrogens with one attached hydrogen (secondary N) is 1. The van der Waals surface area contributed by atoms with E-state index in [0.29, 0.717) is 6.54 Å². The lowest BCUT2D eigenvalue weighted by atomic mass is 9.85. The molecular formula is C30H41N4O5+. The molecule has 4 rings (SSSR count). The summed E-state index contributed by atoms with van der Waals surface area (Å²) in [6.45, 7) is 11.9. The number of carbonyl (C=O) groups is 3. The topological polar surface area (TPSA) is 95.4 Å². The van der Waals surface area contributed by atoms with E-state index in [9.17, 15) is 14.4 Å². The Bertz CT molecular complexity index is 1380. The van der Waals surface area contributed by atoms with Crippen LogP contribution in [0.1, 0.15) is 62.9 Å². The molecule has 0 saturated carbocycles. The Labute approximate surface area is 230 Å². The van der Waals surface area contributed by atoms with Crippen molar-refractivity contribution in [1.82, 2.24) is 14.5 Å². The number of imidazole rings is 1. The van der Waals surface area contributed by atoms with Crippen LogP contribution in [0.3, 0.4) is 0 Å². The number of hydrogen-bond donors (Lipinski definition) is 1. The Balaban J connectivity index is 1.38. The first kappa shape index (κ1) is 28.4. The molecule has 9 heteroatoms. The average Bonchev–Trinajstić information content (AvgIpc) is 3.35. The molecular weight excluding hydrogens is 496 g/mol. The van der Waals surface area contributed by atoms with Gasteiger partial charge in [0.15, 0.2) is 5.78 Å². The third-order valence-corrected chi connectivity index (χ3v) is 7.57. The van der Waals surface area contributed by atoms with Crippen LogP contribution >= 0.6 is 0 Å². The van der Waals surface area contributed by atoms with Gasteiger partial charge in [0.1, 0.15) is 24.5 Å². The summed E-state index contributed by atoms with van der Waals surface area (Å²) in [5.41, 5.74) is 2.45. The molecule has 0 saturated heterocycles. The second-order valence-electron chi connectivity index (χ2n) is 11.8. The van der Waals surface area contributed by atoms with E-state index < -0.39 is 17.6 Å². The fourth-order valence-electron chi connectivity index (χ4n) is 5.28. The van der Waals surface area contributed by atoms with E-state index in [1.165, 1.54) is 0 Å². The van der Waals surface area contributed by atoms with Gasteiger partial charge in [-0.3, -0.25) is 9.59 Å². The van der Waals surface area contributed by atoms with Gasteiger partial charge in [0.05, 0.1) is 11.8 Å². The van der Waals surface area contributed by atoms with Gasteiger partial charge >= 0.3 is 12.1 Å². The predicted octanol–water partition coefficient (Wildman–Crippen LogP) is 4.32. The number of Topliss-reactive ketones (excluding diaryl/α,β-unsaturated/α-hetero) is 1. The summed E-state index contributed by atoms with van der Waals surface area (Å²) < 4.78 is 17.0. The zero-order valence-corrected chi connectivity index (χ0v) is 24.1. The number of ketones is 1. The van der Waals surface area contributed by atoms with Crippen LogP contribution in [0.4, 0.5) is 4.79 Å². The van der Waals surface area contributed by atoms with Crippen molar-refractivity contribution < 1.29 is 28.4 Å². The van der Waals surface area contributed by atoms with Gasteiger partial charge < -0.3 is 19.4 Å². The lowest BCUT2D eigenvalue weighted by molar-refractivity contribution is -0.732. The minimum atomic E-state index is -0.612. The normalized spacial score (nSPS) is 16.3. The van der Waals surface area contributed by atoms with Crippen molar-refractivity contribution in [1.29, 1.82) is 0 Å². The Kier molecular flexibility index (Phi) is 8.18. The van der Waals surface area contributed by atoms with Crippen molar-refractivity contribution in [3.05, 3.63) is 53.7 Å². The third-order valence-electron chi connectivity index (χ3n) is 7.57. The predicted molar refractivity (Wildman–Crippen MR) is 147 cm³/mol. The molecule has 2 aromatic heterocycles. The molecule has 0 bridgehead atoms. The van der Waals surface area contributed by atoms with Crippen LogP contribution in [0.2, 0.25) is 0 Å². The second kappa shape index (κ2) is 11.2. The number of fused-ring (bicyclic) bond motifs is 3. The van der Waals surface area contributed by atoms with Crippen LogP contribution < -0.4 is 9.88 Å². The lowest BCUT2D eigenvalue weighted by Gasteiger charge is -2.22. The number of carbonyl (C=O) groups excluding carboxylic acids is 3. The molecule has 39 heavy (non-hydrogen) atoms. The minimum Gasteiger partial charge on any atom is -0.444 e. The van der Waals surface area contributed by atoms with Gasteiger partial charge in [0, 0.05) is 42.7 Å². The Morgan fingerprint density at radius 3 is 2.62 bits per heavy atom. The highest BCUT2D eigenvalue weighted by molar-refractivity contribution is 6.11. The molecule has 1 aliphatic carbocycles. The molecule has 0 aliphatic heterocycles. The van der Waals surface area contributed by atoms with Crippen LogP contribution in [-0.4, -0.2) is 39.1 Å². The first-order chi connectivity index (χ1) is 18.4.